The Labute approximate surface area is 242 Å². The number of hydrogen-bond donors (Lipinski definition) is 2. The minimum absolute atomic E-state index is 0.107. The van der Waals surface area contributed by atoms with Gasteiger partial charge in [0.1, 0.15) is 11.2 Å². The Bertz CT molecular complexity index is 931. The van der Waals surface area contributed by atoms with Crippen LogP contribution in [0.4, 0.5) is 22.8 Å². The molecule has 41 heavy (non-hydrogen) atoms. The van der Waals surface area contributed by atoms with Crippen molar-refractivity contribution in [2.24, 2.45) is 0 Å². The van der Waals surface area contributed by atoms with E-state index in [0.717, 1.165) is 13.0 Å². The van der Waals surface area contributed by atoms with Gasteiger partial charge in [0.2, 0.25) is 0 Å². The number of rotatable bonds is 15. The van der Waals surface area contributed by atoms with Gasteiger partial charge in [-0.2, -0.15) is 13.2 Å². The van der Waals surface area contributed by atoms with E-state index >= 15 is 0 Å². The fraction of sp³-hybridized carbons (Fsp3) is 0.690. The van der Waals surface area contributed by atoms with E-state index in [1.165, 1.54) is 10.5 Å². The number of halogens is 3. The molecule has 1 aromatic rings. The van der Waals surface area contributed by atoms with Crippen molar-refractivity contribution in [1.82, 2.24) is 20.4 Å². The first-order valence-corrected chi connectivity index (χ1v) is 14.0. The number of carbonyl (C=O) groups excluding carboxylic acids is 3. The molecule has 0 aliphatic heterocycles. The molecule has 12 heteroatoms. The van der Waals surface area contributed by atoms with Gasteiger partial charge < -0.3 is 29.9 Å². The standard InChI is InChI=1S/C29H47F3N4O5/c1-27(2,3)40-25(38)35(20-12-16-33-22-23-14-8-7-9-15-23)18-10-11-19-36(26(39)41-28(4,5)6)21-13-17-34-24(37)29(30,31)32/h7-9,14-15,33H,10-13,16-22H2,1-6H3,(H,34,37). The smallest absolute Gasteiger partial charge is 0.444 e. The third-order valence-corrected chi connectivity index (χ3v) is 5.51. The second-order valence-electron chi connectivity index (χ2n) is 11.8. The number of nitrogens with zero attached hydrogens (tertiary/aromatic N) is 2. The van der Waals surface area contributed by atoms with Crippen LogP contribution in [0.15, 0.2) is 30.3 Å². The first-order valence-electron chi connectivity index (χ1n) is 14.0. The molecule has 3 amide bonds. The average molecular weight is 589 g/mol. The van der Waals surface area contributed by atoms with E-state index in [9.17, 15) is 27.6 Å². The highest BCUT2D eigenvalue weighted by molar-refractivity contribution is 5.81. The summed E-state index contributed by atoms with van der Waals surface area (Å²) in [5.74, 6) is -2.01. The molecule has 0 heterocycles. The zero-order valence-electron chi connectivity index (χ0n) is 25.2. The summed E-state index contributed by atoms with van der Waals surface area (Å²) in [6.07, 6.45) is -4.01. The first kappa shape index (κ1) is 36.0. The van der Waals surface area contributed by atoms with Gasteiger partial charge in [0.15, 0.2) is 0 Å². The maximum atomic E-state index is 12.8. The number of alkyl halides is 3. The Morgan fingerprint density at radius 2 is 1.15 bits per heavy atom. The topological polar surface area (TPSA) is 100 Å². The zero-order valence-corrected chi connectivity index (χ0v) is 25.2. The van der Waals surface area contributed by atoms with Gasteiger partial charge in [-0.15, -0.1) is 0 Å². The van der Waals surface area contributed by atoms with Crippen LogP contribution in [0.1, 0.15) is 72.8 Å². The fourth-order valence-corrected chi connectivity index (χ4v) is 3.64. The molecule has 0 aliphatic rings. The predicted molar refractivity (Wildman–Crippen MR) is 151 cm³/mol. The van der Waals surface area contributed by atoms with E-state index in [2.05, 4.69) is 5.32 Å². The van der Waals surface area contributed by atoms with E-state index < -0.39 is 35.5 Å². The monoisotopic (exact) mass is 588 g/mol. The summed E-state index contributed by atoms with van der Waals surface area (Å²) in [5, 5.41) is 5.18. The molecule has 0 aromatic heterocycles. The lowest BCUT2D eigenvalue weighted by Crippen LogP contribution is -2.41. The number of amides is 3. The van der Waals surface area contributed by atoms with Crippen molar-refractivity contribution in [2.75, 3.05) is 39.3 Å². The van der Waals surface area contributed by atoms with Gasteiger partial charge in [-0.1, -0.05) is 30.3 Å². The van der Waals surface area contributed by atoms with Crippen molar-refractivity contribution < 1.29 is 37.0 Å². The van der Waals surface area contributed by atoms with Crippen molar-refractivity contribution in [3.05, 3.63) is 35.9 Å². The van der Waals surface area contributed by atoms with Crippen LogP contribution in [0.3, 0.4) is 0 Å². The number of unbranched alkanes of at least 4 members (excludes halogenated alkanes) is 1. The summed E-state index contributed by atoms with van der Waals surface area (Å²) >= 11 is 0. The molecule has 0 bridgehead atoms. The third-order valence-electron chi connectivity index (χ3n) is 5.51. The van der Waals surface area contributed by atoms with E-state index in [4.69, 9.17) is 9.47 Å². The maximum absolute atomic E-state index is 12.8. The average Bonchev–Trinajstić information content (AvgIpc) is 2.83. The van der Waals surface area contributed by atoms with E-state index in [1.54, 1.807) is 46.4 Å². The molecule has 1 aromatic carbocycles. The number of ether oxygens (including phenoxy) is 2. The molecule has 2 N–H and O–H groups in total. The number of hydrogen-bond acceptors (Lipinski definition) is 6. The van der Waals surface area contributed by atoms with Crippen molar-refractivity contribution >= 4 is 18.1 Å². The van der Waals surface area contributed by atoms with Crippen LogP contribution in [-0.4, -0.2) is 84.5 Å². The highest BCUT2D eigenvalue weighted by atomic mass is 19.4. The molecule has 0 unspecified atom stereocenters. The molecule has 0 atom stereocenters. The molecule has 0 saturated heterocycles. The Kier molecular flexibility index (Phi) is 15.0. The molecule has 9 nitrogen and oxygen atoms in total. The SMILES string of the molecule is CC(C)(C)OC(=O)N(CCCCN(CCCNC(=O)C(F)(F)F)C(=O)OC(C)(C)C)CCCNCc1ccccc1. The van der Waals surface area contributed by atoms with Crippen LogP contribution in [-0.2, 0) is 20.8 Å². The largest absolute Gasteiger partial charge is 0.471 e. The lowest BCUT2D eigenvalue weighted by molar-refractivity contribution is -0.173. The van der Waals surface area contributed by atoms with Gasteiger partial charge in [0.05, 0.1) is 0 Å². The summed E-state index contributed by atoms with van der Waals surface area (Å²) in [7, 11) is 0. The van der Waals surface area contributed by atoms with Crippen molar-refractivity contribution in [2.45, 2.75) is 91.1 Å². The lowest BCUT2D eigenvalue weighted by atomic mass is 10.2. The summed E-state index contributed by atoms with van der Waals surface area (Å²) in [5.41, 5.74) is -0.216. The third kappa shape index (κ3) is 17.4. The number of nitrogens with one attached hydrogen (secondary N) is 2. The van der Waals surface area contributed by atoms with Gasteiger partial charge in [0.25, 0.3) is 0 Å². The van der Waals surface area contributed by atoms with Gasteiger partial charge in [-0.3, -0.25) is 4.79 Å². The van der Waals surface area contributed by atoms with Crippen molar-refractivity contribution in [1.29, 1.82) is 0 Å². The summed E-state index contributed by atoms with van der Waals surface area (Å²) in [6, 6.07) is 10.0. The molecular weight excluding hydrogens is 541 g/mol. The van der Waals surface area contributed by atoms with E-state index in [0.29, 0.717) is 32.5 Å². The van der Waals surface area contributed by atoms with Gasteiger partial charge >= 0.3 is 24.3 Å². The number of benzene rings is 1. The molecule has 0 spiro atoms. The Balaban J connectivity index is 2.63. The Hall–Kier alpha value is -3.02. The second kappa shape index (κ2) is 17.1. The van der Waals surface area contributed by atoms with Crippen molar-refractivity contribution in [3.8, 4) is 0 Å². The highest BCUT2D eigenvalue weighted by Gasteiger charge is 2.38. The van der Waals surface area contributed by atoms with Crippen LogP contribution in [0, 0.1) is 0 Å². The van der Waals surface area contributed by atoms with E-state index in [-0.39, 0.29) is 26.1 Å². The van der Waals surface area contributed by atoms with E-state index in [1.807, 2.05) is 35.6 Å². The predicted octanol–water partition coefficient (Wildman–Crippen LogP) is 5.49. The molecule has 1 rings (SSSR count). The molecule has 0 radical (unpaired) electrons. The fourth-order valence-electron chi connectivity index (χ4n) is 3.64. The highest BCUT2D eigenvalue weighted by Crippen LogP contribution is 2.15. The normalized spacial score (nSPS) is 12.0. The summed E-state index contributed by atoms with van der Waals surface area (Å²) in [6.45, 7) is 13.1. The van der Waals surface area contributed by atoms with Crippen LogP contribution in [0.5, 0.6) is 0 Å². The first-order chi connectivity index (χ1) is 19.0. The zero-order chi connectivity index (χ0) is 31.1. The Morgan fingerprint density at radius 1 is 0.707 bits per heavy atom. The number of carbonyl (C=O) groups is 3. The maximum Gasteiger partial charge on any atom is 0.471 e. The summed E-state index contributed by atoms with van der Waals surface area (Å²) < 4.78 is 48.3. The van der Waals surface area contributed by atoms with Crippen LogP contribution in [0.2, 0.25) is 0 Å². The quantitative estimate of drug-likeness (QED) is 0.263. The summed E-state index contributed by atoms with van der Waals surface area (Å²) in [4.78, 5) is 39.6. The van der Waals surface area contributed by atoms with Crippen LogP contribution in [0.25, 0.3) is 0 Å². The Morgan fingerprint density at radius 3 is 1.59 bits per heavy atom. The molecule has 0 aliphatic carbocycles. The minimum atomic E-state index is -4.96. The lowest BCUT2D eigenvalue weighted by Gasteiger charge is -2.29. The second-order valence-corrected chi connectivity index (χ2v) is 11.8. The molecule has 234 valence electrons. The van der Waals surface area contributed by atoms with Crippen LogP contribution >= 0.6 is 0 Å². The van der Waals surface area contributed by atoms with Gasteiger partial charge in [0, 0.05) is 39.3 Å². The molecular formula is C29H47F3N4O5. The molecule has 0 fully saturated rings. The molecule has 0 saturated carbocycles. The van der Waals surface area contributed by atoms with Crippen molar-refractivity contribution in [3.63, 3.8) is 0 Å². The van der Waals surface area contributed by atoms with Crippen LogP contribution < -0.4 is 10.6 Å². The minimum Gasteiger partial charge on any atom is -0.444 e. The van der Waals surface area contributed by atoms with Gasteiger partial charge in [-0.05, 0) is 79.3 Å². The van der Waals surface area contributed by atoms with Gasteiger partial charge in [-0.25, -0.2) is 9.59 Å².